The number of nitrogens with zero attached hydrogens (tertiary/aromatic N) is 6. The van der Waals surface area contributed by atoms with E-state index in [9.17, 15) is 28.0 Å². The topological polar surface area (TPSA) is 137 Å². The first kappa shape index (κ1) is 26.5. The number of hydrogen-bond acceptors (Lipinski definition) is 7. The van der Waals surface area contributed by atoms with Gasteiger partial charge < -0.3 is 15.0 Å². The third-order valence-corrected chi connectivity index (χ3v) is 6.38. The van der Waals surface area contributed by atoms with Crippen molar-refractivity contribution in [3.63, 3.8) is 0 Å². The average molecular weight is 547 g/mol. The van der Waals surface area contributed by atoms with Crippen molar-refractivity contribution in [2.75, 3.05) is 16.8 Å². The van der Waals surface area contributed by atoms with Gasteiger partial charge in [-0.15, -0.1) is 10.2 Å². The number of fused-ring (bicyclic) bond motifs is 1. The number of aromatic nitrogens is 4. The van der Waals surface area contributed by atoms with Crippen LogP contribution in [-0.2, 0) is 24.6 Å². The molecule has 0 aliphatic carbocycles. The van der Waals surface area contributed by atoms with E-state index in [0.717, 1.165) is 11.0 Å². The van der Waals surface area contributed by atoms with E-state index in [4.69, 9.17) is 5.11 Å². The highest BCUT2D eigenvalue weighted by molar-refractivity contribution is 6.10. The molecule has 0 spiro atoms. The SMILES string of the molecule is Cn1cnnc1-c1ccc(C#N)cc1-c1cc(NC(=O)CCO)nc(N2Cc3c(cccc3C(F)(F)F)C2=O)c1. The summed E-state index contributed by atoms with van der Waals surface area (Å²) in [5, 5.41) is 29.3. The smallest absolute Gasteiger partial charge is 0.396 e. The summed E-state index contributed by atoms with van der Waals surface area (Å²) in [6.07, 6.45) is -3.39. The average Bonchev–Trinajstić information content (AvgIpc) is 3.50. The normalized spacial score (nSPS) is 12.8. The van der Waals surface area contributed by atoms with Crippen LogP contribution in [0.15, 0.2) is 54.9 Å². The van der Waals surface area contributed by atoms with Crippen molar-refractivity contribution in [1.29, 1.82) is 5.26 Å². The summed E-state index contributed by atoms with van der Waals surface area (Å²) in [6.45, 7) is -0.808. The third-order valence-electron chi connectivity index (χ3n) is 6.38. The summed E-state index contributed by atoms with van der Waals surface area (Å²) in [5.74, 6) is -0.803. The minimum absolute atomic E-state index is 0.00275. The molecule has 0 fully saturated rings. The number of nitrogens with one attached hydrogen (secondary N) is 1. The largest absolute Gasteiger partial charge is 0.416 e. The van der Waals surface area contributed by atoms with E-state index in [2.05, 4.69) is 26.6 Å². The fourth-order valence-corrected chi connectivity index (χ4v) is 4.54. The van der Waals surface area contributed by atoms with Gasteiger partial charge in [0.25, 0.3) is 5.91 Å². The molecule has 2 amide bonds. The van der Waals surface area contributed by atoms with Crippen molar-refractivity contribution < 1.29 is 27.9 Å². The van der Waals surface area contributed by atoms with Gasteiger partial charge in [0.05, 0.1) is 36.8 Å². The van der Waals surface area contributed by atoms with Gasteiger partial charge in [-0.3, -0.25) is 14.5 Å². The van der Waals surface area contributed by atoms with Gasteiger partial charge in [0.2, 0.25) is 5.91 Å². The molecule has 202 valence electrons. The standard InChI is InChI=1S/C27H20F3N7O3/c1-36-14-32-35-25(36)17-6-5-15(12-31)9-19(17)16-10-22(34-24(39)7-8-38)33-23(11-16)37-13-20-18(26(37)40)3-2-4-21(20)27(28,29)30/h2-6,9-11,14,38H,7-8,13H2,1H3,(H,33,34,39). The third kappa shape index (κ3) is 4.87. The summed E-state index contributed by atoms with van der Waals surface area (Å²) in [4.78, 5) is 31.1. The minimum atomic E-state index is -4.66. The lowest BCUT2D eigenvalue weighted by atomic mass is 9.97. The van der Waals surface area contributed by atoms with E-state index in [1.807, 2.05) is 0 Å². The number of nitriles is 1. The van der Waals surface area contributed by atoms with Crippen LogP contribution in [0.4, 0.5) is 24.8 Å². The molecule has 0 saturated carbocycles. The molecule has 5 rings (SSSR count). The number of alkyl halides is 3. The minimum Gasteiger partial charge on any atom is -0.396 e. The molecule has 2 aromatic heterocycles. The van der Waals surface area contributed by atoms with Crippen molar-refractivity contribution in [3.05, 3.63) is 77.1 Å². The van der Waals surface area contributed by atoms with Crippen LogP contribution in [0.2, 0.25) is 0 Å². The van der Waals surface area contributed by atoms with Crippen LogP contribution in [0.25, 0.3) is 22.5 Å². The highest BCUT2D eigenvalue weighted by atomic mass is 19.4. The molecule has 0 radical (unpaired) electrons. The summed E-state index contributed by atoms with van der Waals surface area (Å²) in [6, 6.07) is 13.3. The lowest BCUT2D eigenvalue weighted by Gasteiger charge is -2.19. The second kappa shape index (κ2) is 10.2. The van der Waals surface area contributed by atoms with Crippen molar-refractivity contribution >= 4 is 23.5 Å². The molecule has 40 heavy (non-hydrogen) atoms. The van der Waals surface area contributed by atoms with Gasteiger partial charge in [-0.2, -0.15) is 18.4 Å². The van der Waals surface area contributed by atoms with Gasteiger partial charge in [0, 0.05) is 18.2 Å². The number of benzene rings is 2. The molecule has 4 aromatic rings. The summed E-state index contributed by atoms with van der Waals surface area (Å²) >= 11 is 0. The molecule has 10 nitrogen and oxygen atoms in total. The van der Waals surface area contributed by atoms with Crippen molar-refractivity contribution in [3.8, 4) is 28.6 Å². The number of aliphatic hydroxyl groups excluding tert-OH is 1. The van der Waals surface area contributed by atoms with Crippen molar-refractivity contribution in [1.82, 2.24) is 19.7 Å². The fraction of sp³-hybridized carbons (Fsp3) is 0.185. The Morgan fingerprint density at radius 1 is 1.15 bits per heavy atom. The number of carbonyl (C=O) groups excluding carboxylic acids is 2. The molecule has 0 unspecified atom stereocenters. The Morgan fingerprint density at radius 2 is 1.95 bits per heavy atom. The number of hydrogen-bond donors (Lipinski definition) is 2. The number of aliphatic hydroxyl groups is 1. The molecule has 2 aromatic carbocycles. The maximum absolute atomic E-state index is 13.7. The van der Waals surface area contributed by atoms with Crippen molar-refractivity contribution in [2.45, 2.75) is 19.1 Å². The van der Waals surface area contributed by atoms with E-state index in [-0.39, 0.29) is 29.2 Å². The summed E-state index contributed by atoms with van der Waals surface area (Å²) in [7, 11) is 1.73. The molecular weight excluding hydrogens is 527 g/mol. The zero-order valence-electron chi connectivity index (χ0n) is 20.9. The highest BCUT2D eigenvalue weighted by Gasteiger charge is 2.40. The first-order valence-corrected chi connectivity index (χ1v) is 11.9. The Labute approximate surface area is 225 Å². The number of rotatable bonds is 6. The Kier molecular flexibility index (Phi) is 6.78. The second-order valence-electron chi connectivity index (χ2n) is 8.98. The maximum atomic E-state index is 13.7. The van der Waals surface area contributed by atoms with E-state index < -0.39 is 36.7 Å². The predicted molar refractivity (Wildman–Crippen MR) is 137 cm³/mol. The Hall–Kier alpha value is -5.09. The van der Waals surface area contributed by atoms with Crippen LogP contribution in [0, 0.1) is 11.3 Å². The van der Waals surface area contributed by atoms with E-state index in [1.165, 1.54) is 30.6 Å². The van der Waals surface area contributed by atoms with Crippen LogP contribution in [0.1, 0.15) is 33.5 Å². The zero-order valence-corrected chi connectivity index (χ0v) is 20.9. The van der Waals surface area contributed by atoms with Crippen LogP contribution in [0.3, 0.4) is 0 Å². The van der Waals surface area contributed by atoms with Gasteiger partial charge >= 0.3 is 6.18 Å². The van der Waals surface area contributed by atoms with Crippen LogP contribution in [0.5, 0.6) is 0 Å². The molecule has 0 saturated heterocycles. The molecule has 13 heteroatoms. The van der Waals surface area contributed by atoms with Gasteiger partial charge in [-0.05, 0) is 59.2 Å². The van der Waals surface area contributed by atoms with Crippen LogP contribution >= 0.6 is 0 Å². The lowest BCUT2D eigenvalue weighted by Crippen LogP contribution is -2.25. The fourth-order valence-electron chi connectivity index (χ4n) is 4.54. The summed E-state index contributed by atoms with van der Waals surface area (Å²) < 4.78 is 42.7. The monoisotopic (exact) mass is 547 g/mol. The number of anilines is 2. The summed E-state index contributed by atoms with van der Waals surface area (Å²) in [5.41, 5.74) is 0.572. The van der Waals surface area contributed by atoms with Crippen LogP contribution in [-0.4, -0.2) is 43.3 Å². The molecule has 1 aliphatic heterocycles. The quantitative estimate of drug-likeness (QED) is 0.373. The van der Waals surface area contributed by atoms with E-state index in [0.29, 0.717) is 28.1 Å². The van der Waals surface area contributed by atoms with Gasteiger partial charge in [0.1, 0.15) is 18.0 Å². The first-order valence-electron chi connectivity index (χ1n) is 11.9. The zero-order chi connectivity index (χ0) is 28.6. The number of aryl methyl sites for hydroxylation is 1. The molecule has 0 bridgehead atoms. The Balaban J connectivity index is 1.68. The molecule has 2 N–H and O–H groups in total. The Morgan fingerprint density at radius 3 is 2.62 bits per heavy atom. The van der Waals surface area contributed by atoms with Crippen molar-refractivity contribution in [2.24, 2.45) is 7.05 Å². The predicted octanol–water partition coefficient (Wildman–Crippen LogP) is 3.92. The maximum Gasteiger partial charge on any atom is 0.416 e. The second-order valence-corrected chi connectivity index (χ2v) is 8.98. The lowest BCUT2D eigenvalue weighted by molar-refractivity contribution is -0.138. The molecule has 0 atom stereocenters. The highest BCUT2D eigenvalue weighted by Crippen LogP contribution is 2.40. The van der Waals surface area contributed by atoms with Gasteiger partial charge in [0.15, 0.2) is 5.82 Å². The number of amides is 2. The van der Waals surface area contributed by atoms with Crippen LogP contribution < -0.4 is 10.2 Å². The number of carbonyl (C=O) groups is 2. The Bertz CT molecular complexity index is 1690. The first-order chi connectivity index (χ1) is 19.1. The number of halogens is 3. The molecule has 1 aliphatic rings. The molecule has 3 heterocycles. The number of pyridine rings is 1. The molecular formula is C27H20F3N7O3. The van der Waals surface area contributed by atoms with Gasteiger partial charge in [-0.1, -0.05) is 6.07 Å². The van der Waals surface area contributed by atoms with E-state index in [1.54, 1.807) is 29.8 Å². The van der Waals surface area contributed by atoms with Gasteiger partial charge in [-0.25, -0.2) is 4.98 Å². The van der Waals surface area contributed by atoms with E-state index >= 15 is 0 Å².